The van der Waals surface area contributed by atoms with Crippen LogP contribution < -0.4 is 9.47 Å². The number of ether oxygens (including phenoxy) is 3. The second kappa shape index (κ2) is 8.03. The maximum atomic E-state index is 11.2. The topological polar surface area (TPSA) is 44.8 Å². The average Bonchev–Trinajstić information content (AvgIpc) is 2.56. The van der Waals surface area contributed by atoms with Crippen LogP contribution in [0.15, 0.2) is 34.8 Å². The van der Waals surface area contributed by atoms with Crippen molar-refractivity contribution in [1.82, 2.24) is 0 Å². The molecule has 0 N–H and O–H groups in total. The molecule has 2 rings (SSSR count). The Labute approximate surface area is 138 Å². The Bertz CT molecular complexity index is 593. The molecule has 118 valence electrons. The molecule has 1 aromatic rings. The molecule has 0 amide bonds. The van der Waals surface area contributed by atoms with Crippen molar-refractivity contribution >= 4 is 28.0 Å². The molecular formula is C17H19BrO4. The molecule has 22 heavy (non-hydrogen) atoms. The second-order valence-corrected chi connectivity index (χ2v) is 5.67. The smallest absolute Gasteiger partial charge is 0.330 e. The maximum absolute atomic E-state index is 11.2. The van der Waals surface area contributed by atoms with Crippen molar-refractivity contribution in [3.63, 3.8) is 0 Å². The quantitative estimate of drug-likeness (QED) is 0.446. The van der Waals surface area contributed by atoms with Gasteiger partial charge in [-0.3, -0.25) is 0 Å². The van der Waals surface area contributed by atoms with Gasteiger partial charge in [0.15, 0.2) is 11.5 Å². The van der Waals surface area contributed by atoms with Gasteiger partial charge >= 0.3 is 5.97 Å². The lowest BCUT2D eigenvalue weighted by atomic mass is 10.1. The Kier molecular flexibility index (Phi) is 6.07. The summed E-state index contributed by atoms with van der Waals surface area (Å²) in [5, 5.41) is 0. The summed E-state index contributed by atoms with van der Waals surface area (Å²) in [7, 11) is 2.95. The molecule has 1 atom stereocenters. The first-order valence-electron chi connectivity index (χ1n) is 7.11. The number of hydrogen-bond donors (Lipinski definition) is 0. The Hall–Kier alpha value is -1.75. The molecule has 1 unspecified atom stereocenters. The summed E-state index contributed by atoms with van der Waals surface area (Å²) in [6.07, 6.45) is 10.5. The molecular weight excluding hydrogens is 348 g/mol. The molecule has 0 spiro atoms. The van der Waals surface area contributed by atoms with Gasteiger partial charge in [0.05, 0.1) is 18.7 Å². The van der Waals surface area contributed by atoms with E-state index < -0.39 is 5.97 Å². The molecule has 0 fully saturated rings. The molecule has 1 aliphatic rings. The van der Waals surface area contributed by atoms with Crippen LogP contribution in [0.1, 0.15) is 24.8 Å². The third kappa shape index (κ3) is 4.13. The molecule has 0 heterocycles. The minimum atomic E-state index is -0.402. The van der Waals surface area contributed by atoms with Crippen molar-refractivity contribution in [3.05, 3.63) is 40.4 Å². The first-order chi connectivity index (χ1) is 10.7. The summed E-state index contributed by atoms with van der Waals surface area (Å²) in [4.78, 5) is 11.2. The molecule has 1 aromatic carbocycles. The van der Waals surface area contributed by atoms with Gasteiger partial charge in [0, 0.05) is 6.08 Å². The first-order valence-corrected chi connectivity index (χ1v) is 7.91. The lowest BCUT2D eigenvalue weighted by Gasteiger charge is -2.21. The number of allylic oxidation sites excluding steroid dienone is 1. The van der Waals surface area contributed by atoms with Crippen molar-refractivity contribution < 1.29 is 19.0 Å². The Morgan fingerprint density at radius 1 is 1.36 bits per heavy atom. The highest BCUT2D eigenvalue weighted by Crippen LogP contribution is 2.39. The fraction of sp³-hybridized carbons (Fsp3) is 0.353. The highest BCUT2D eigenvalue weighted by atomic mass is 79.9. The predicted octanol–water partition coefficient (Wildman–Crippen LogP) is 4.13. The number of halogens is 1. The number of benzene rings is 1. The lowest BCUT2D eigenvalue weighted by Crippen LogP contribution is -2.16. The van der Waals surface area contributed by atoms with Gasteiger partial charge in [-0.1, -0.05) is 6.08 Å². The van der Waals surface area contributed by atoms with E-state index in [1.165, 1.54) is 13.2 Å². The molecule has 0 saturated heterocycles. The van der Waals surface area contributed by atoms with Crippen LogP contribution in [0.5, 0.6) is 11.5 Å². The number of carbonyl (C=O) groups excluding carboxylic acids is 1. The largest absolute Gasteiger partial charge is 0.493 e. The van der Waals surface area contributed by atoms with Crippen LogP contribution in [0, 0.1) is 0 Å². The van der Waals surface area contributed by atoms with Crippen molar-refractivity contribution in [1.29, 1.82) is 0 Å². The molecule has 0 saturated carbocycles. The Morgan fingerprint density at radius 3 is 2.82 bits per heavy atom. The van der Waals surface area contributed by atoms with Gasteiger partial charge in [0.25, 0.3) is 0 Å². The van der Waals surface area contributed by atoms with Crippen LogP contribution in [-0.2, 0) is 9.53 Å². The number of hydrogen-bond acceptors (Lipinski definition) is 4. The average molecular weight is 367 g/mol. The summed E-state index contributed by atoms with van der Waals surface area (Å²) in [6.45, 7) is 0. The van der Waals surface area contributed by atoms with E-state index in [2.05, 4.69) is 32.8 Å². The van der Waals surface area contributed by atoms with E-state index in [1.54, 1.807) is 13.2 Å². The van der Waals surface area contributed by atoms with Crippen molar-refractivity contribution in [2.75, 3.05) is 14.2 Å². The highest BCUT2D eigenvalue weighted by molar-refractivity contribution is 9.10. The van der Waals surface area contributed by atoms with Crippen LogP contribution in [0.2, 0.25) is 0 Å². The zero-order valence-corrected chi connectivity index (χ0v) is 14.3. The van der Waals surface area contributed by atoms with Gasteiger partial charge in [-0.15, -0.1) is 0 Å². The van der Waals surface area contributed by atoms with E-state index in [1.807, 2.05) is 12.1 Å². The standard InChI is InChI=1S/C17H19BrO4/c1-20-14-10-8-12(9-11-15(19)21-2)16(18)17(14)22-13-6-4-3-5-7-13/h4,6,8-11,13H,3,5,7H2,1-2H3/b11-9+. The van der Waals surface area contributed by atoms with Crippen molar-refractivity contribution in [3.8, 4) is 11.5 Å². The summed E-state index contributed by atoms with van der Waals surface area (Å²) in [6, 6.07) is 3.68. The minimum Gasteiger partial charge on any atom is -0.493 e. The Morgan fingerprint density at radius 2 is 2.18 bits per heavy atom. The molecule has 4 nitrogen and oxygen atoms in total. The van der Waals surface area contributed by atoms with E-state index in [9.17, 15) is 4.79 Å². The molecule has 0 aromatic heterocycles. The number of carbonyl (C=O) groups is 1. The van der Waals surface area contributed by atoms with Gasteiger partial charge in [-0.05, 0) is 65.0 Å². The molecule has 1 aliphatic carbocycles. The van der Waals surface area contributed by atoms with E-state index in [-0.39, 0.29) is 6.10 Å². The number of methoxy groups -OCH3 is 2. The van der Waals surface area contributed by atoms with Gasteiger partial charge in [-0.25, -0.2) is 4.79 Å². The zero-order chi connectivity index (χ0) is 15.9. The van der Waals surface area contributed by atoms with Gasteiger partial charge in [0.1, 0.15) is 6.10 Å². The SMILES string of the molecule is COC(=O)/C=C/c1ccc(OC)c(OC2C=CCCC2)c1Br. The minimum absolute atomic E-state index is 0.0405. The molecule has 5 heteroatoms. The molecule has 0 aliphatic heterocycles. The monoisotopic (exact) mass is 366 g/mol. The number of esters is 1. The van der Waals surface area contributed by atoms with E-state index in [0.29, 0.717) is 11.5 Å². The normalized spacial score (nSPS) is 17.5. The fourth-order valence-corrected chi connectivity index (χ4v) is 2.76. The van der Waals surface area contributed by atoms with Crippen LogP contribution in [0.4, 0.5) is 0 Å². The van der Waals surface area contributed by atoms with E-state index >= 15 is 0 Å². The van der Waals surface area contributed by atoms with Crippen molar-refractivity contribution in [2.45, 2.75) is 25.4 Å². The second-order valence-electron chi connectivity index (χ2n) is 4.87. The summed E-state index contributed by atoms with van der Waals surface area (Å²) >= 11 is 3.54. The van der Waals surface area contributed by atoms with Gasteiger partial charge in [-0.2, -0.15) is 0 Å². The van der Waals surface area contributed by atoms with Crippen LogP contribution >= 0.6 is 15.9 Å². The van der Waals surface area contributed by atoms with Crippen LogP contribution in [0.25, 0.3) is 6.08 Å². The zero-order valence-electron chi connectivity index (χ0n) is 12.7. The maximum Gasteiger partial charge on any atom is 0.330 e. The fourth-order valence-electron chi connectivity index (χ4n) is 2.21. The summed E-state index contributed by atoms with van der Waals surface area (Å²) in [5.41, 5.74) is 0.820. The predicted molar refractivity (Wildman–Crippen MR) is 89.2 cm³/mol. The van der Waals surface area contributed by atoms with E-state index in [4.69, 9.17) is 9.47 Å². The lowest BCUT2D eigenvalue weighted by molar-refractivity contribution is -0.134. The third-order valence-electron chi connectivity index (χ3n) is 3.39. The van der Waals surface area contributed by atoms with Crippen LogP contribution in [0.3, 0.4) is 0 Å². The Balaban J connectivity index is 2.29. The van der Waals surface area contributed by atoms with Gasteiger partial charge in [0.2, 0.25) is 0 Å². The third-order valence-corrected chi connectivity index (χ3v) is 4.21. The molecule has 0 radical (unpaired) electrons. The highest BCUT2D eigenvalue weighted by Gasteiger charge is 2.17. The summed E-state index contributed by atoms with van der Waals surface area (Å²) < 4.78 is 16.8. The summed E-state index contributed by atoms with van der Waals surface area (Å²) in [5.74, 6) is 0.896. The molecule has 0 bridgehead atoms. The first kappa shape index (κ1) is 16.6. The van der Waals surface area contributed by atoms with Crippen molar-refractivity contribution in [2.24, 2.45) is 0 Å². The number of rotatable bonds is 5. The van der Waals surface area contributed by atoms with Crippen LogP contribution in [-0.4, -0.2) is 26.3 Å². The van der Waals surface area contributed by atoms with Gasteiger partial charge < -0.3 is 14.2 Å². The van der Waals surface area contributed by atoms with E-state index in [0.717, 1.165) is 29.3 Å².